The third-order valence-electron chi connectivity index (χ3n) is 3.79. The molecule has 1 saturated heterocycles. The van der Waals surface area contributed by atoms with Crippen LogP contribution in [0.4, 0.5) is 5.82 Å². The highest BCUT2D eigenvalue weighted by molar-refractivity contribution is 7.58. The first-order valence-corrected chi connectivity index (χ1v) is 9.61. The lowest BCUT2D eigenvalue weighted by Crippen LogP contribution is -2.58. The number of aliphatic hydroxyl groups is 3. The van der Waals surface area contributed by atoms with Crippen molar-refractivity contribution in [2.24, 2.45) is 0 Å². The van der Waals surface area contributed by atoms with Crippen molar-refractivity contribution in [2.45, 2.75) is 23.0 Å². The third-order valence-corrected chi connectivity index (χ3v) is 6.93. The van der Waals surface area contributed by atoms with Crippen molar-refractivity contribution in [3.05, 3.63) is 22.7 Å². The Labute approximate surface area is 138 Å². The number of nitrogens with zero attached hydrogens (tertiary/aromatic N) is 2. The molecule has 1 aliphatic rings. The molecule has 0 bridgehead atoms. The summed E-state index contributed by atoms with van der Waals surface area (Å²) in [5.74, 6) is -0.303. The molecule has 25 heavy (non-hydrogen) atoms. The molecule has 1 aromatic rings. The zero-order chi connectivity index (χ0) is 19.4. The first-order chi connectivity index (χ1) is 11.2. The van der Waals surface area contributed by atoms with Crippen LogP contribution in [0, 0.1) is 0 Å². The highest BCUT2D eigenvalue weighted by Crippen LogP contribution is 2.73. The first kappa shape index (κ1) is 20.1. The van der Waals surface area contributed by atoms with Crippen LogP contribution >= 0.6 is 15.2 Å². The molecule has 142 valence electrons. The third kappa shape index (κ3) is 2.67. The lowest BCUT2D eigenvalue weighted by molar-refractivity contribution is -0.0824. The molecule has 0 spiro atoms. The van der Waals surface area contributed by atoms with Crippen molar-refractivity contribution >= 4 is 21.0 Å². The van der Waals surface area contributed by atoms with Crippen molar-refractivity contribution in [1.29, 1.82) is 0 Å². The summed E-state index contributed by atoms with van der Waals surface area (Å²) in [6.45, 7) is -1.35. The smallest absolute Gasteiger partial charge is 0.365 e. The molecule has 2 heterocycles. The van der Waals surface area contributed by atoms with Crippen LogP contribution in [0.1, 0.15) is 6.23 Å². The Morgan fingerprint density at radius 2 is 1.72 bits per heavy atom. The SMILES string of the molecule is Nc1ccn([C@@H]2O[C@H](CO)[C@](O)(P(=O)(O)O)[C@@]2(O)P(=O)(O)O)c(=O)n1. The Hall–Kier alpha value is -1.18. The fourth-order valence-electron chi connectivity index (χ4n) is 2.56. The maximum atomic E-state index is 11.9. The fourth-order valence-corrected chi connectivity index (χ4v) is 5.44. The van der Waals surface area contributed by atoms with Crippen molar-refractivity contribution in [3.63, 3.8) is 0 Å². The van der Waals surface area contributed by atoms with Gasteiger partial charge in [0.05, 0.1) is 6.61 Å². The van der Waals surface area contributed by atoms with E-state index in [9.17, 15) is 48.8 Å². The molecule has 0 aromatic carbocycles. The van der Waals surface area contributed by atoms with E-state index >= 15 is 0 Å². The van der Waals surface area contributed by atoms with Crippen LogP contribution in [0.2, 0.25) is 0 Å². The largest absolute Gasteiger partial charge is 0.394 e. The van der Waals surface area contributed by atoms with E-state index in [0.29, 0.717) is 0 Å². The molecule has 0 amide bonds. The van der Waals surface area contributed by atoms with E-state index in [4.69, 9.17) is 10.5 Å². The van der Waals surface area contributed by atoms with Crippen molar-refractivity contribution in [1.82, 2.24) is 9.55 Å². The van der Waals surface area contributed by atoms with Gasteiger partial charge < -0.3 is 45.4 Å². The van der Waals surface area contributed by atoms with Crippen LogP contribution in [0.25, 0.3) is 0 Å². The second-order valence-corrected chi connectivity index (χ2v) is 8.78. The van der Waals surface area contributed by atoms with E-state index in [-0.39, 0.29) is 10.4 Å². The monoisotopic (exact) mass is 403 g/mol. The van der Waals surface area contributed by atoms with Gasteiger partial charge in [-0.25, -0.2) is 4.79 Å². The van der Waals surface area contributed by atoms with Gasteiger partial charge >= 0.3 is 20.9 Å². The molecular weight excluding hydrogens is 388 g/mol. The second kappa shape index (κ2) is 5.93. The summed E-state index contributed by atoms with van der Waals surface area (Å²) in [5, 5.41) is 22.2. The van der Waals surface area contributed by atoms with E-state index in [2.05, 4.69) is 4.98 Å². The number of nitrogen functional groups attached to an aromatic ring is 1. The molecule has 0 radical (unpaired) electrons. The Morgan fingerprint density at radius 1 is 1.20 bits per heavy atom. The molecular formula is C9H15N3O11P2. The summed E-state index contributed by atoms with van der Waals surface area (Å²) < 4.78 is 28.7. The summed E-state index contributed by atoms with van der Waals surface area (Å²) >= 11 is 0. The summed E-state index contributed by atoms with van der Waals surface area (Å²) in [4.78, 5) is 52.9. The van der Waals surface area contributed by atoms with Gasteiger partial charge in [-0.15, -0.1) is 0 Å². The number of anilines is 1. The van der Waals surface area contributed by atoms with Crippen LogP contribution in [0.5, 0.6) is 0 Å². The van der Waals surface area contributed by atoms with Gasteiger partial charge in [0.1, 0.15) is 11.9 Å². The highest BCUT2D eigenvalue weighted by Gasteiger charge is 2.81. The molecule has 1 aliphatic heterocycles. The molecule has 1 fully saturated rings. The molecule has 0 unspecified atom stereocenters. The number of rotatable bonds is 4. The molecule has 16 heteroatoms. The zero-order valence-corrected chi connectivity index (χ0v) is 13.9. The van der Waals surface area contributed by atoms with Crippen LogP contribution in [-0.4, -0.2) is 67.8 Å². The number of hydrogen-bond donors (Lipinski definition) is 8. The first-order valence-electron chi connectivity index (χ1n) is 6.38. The maximum absolute atomic E-state index is 11.9. The van der Waals surface area contributed by atoms with Gasteiger partial charge in [-0.3, -0.25) is 13.7 Å². The highest BCUT2D eigenvalue weighted by atomic mass is 31.2. The number of aliphatic hydroxyl groups excluding tert-OH is 1. The number of hydrogen-bond acceptors (Lipinski definition) is 9. The number of aromatic nitrogens is 2. The quantitative estimate of drug-likeness (QED) is 0.227. The van der Waals surface area contributed by atoms with Gasteiger partial charge in [-0.1, -0.05) is 0 Å². The minimum absolute atomic E-state index is 0.270. The van der Waals surface area contributed by atoms with E-state index < -0.39 is 50.5 Å². The molecule has 1 aromatic heterocycles. The average molecular weight is 403 g/mol. The lowest BCUT2D eigenvalue weighted by atomic mass is 10.1. The minimum Gasteiger partial charge on any atom is -0.394 e. The maximum Gasteiger partial charge on any atom is 0.365 e. The normalized spacial score (nSPS) is 33.6. The van der Waals surface area contributed by atoms with Crippen molar-refractivity contribution < 1.29 is 48.8 Å². The number of ether oxygens (including phenoxy) is 1. The Balaban J connectivity index is 2.84. The molecule has 0 aliphatic carbocycles. The van der Waals surface area contributed by atoms with E-state index in [1.165, 1.54) is 0 Å². The van der Waals surface area contributed by atoms with Crippen LogP contribution in [0.15, 0.2) is 17.1 Å². The summed E-state index contributed by atoms with van der Waals surface area (Å²) in [5.41, 5.74) is 3.96. The van der Waals surface area contributed by atoms with Crippen molar-refractivity contribution in [3.8, 4) is 0 Å². The minimum atomic E-state index is -5.99. The topological polar surface area (TPSA) is 246 Å². The van der Waals surface area contributed by atoms with Crippen molar-refractivity contribution in [2.75, 3.05) is 12.3 Å². The molecule has 0 saturated carbocycles. The van der Waals surface area contributed by atoms with E-state index in [0.717, 1.165) is 12.3 Å². The second-order valence-electron chi connectivity index (χ2n) is 5.24. The Bertz CT molecular complexity index is 832. The lowest BCUT2D eigenvalue weighted by Gasteiger charge is -2.40. The van der Waals surface area contributed by atoms with Crippen LogP contribution < -0.4 is 11.4 Å². The summed E-state index contributed by atoms with van der Waals surface area (Å²) in [6, 6.07) is 0.966. The molecule has 4 atom stereocenters. The summed E-state index contributed by atoms with van der Waals surface area (Å²) in [6.07, 6.45) is -4.07. The van der Waals surface area contributed by atoms with Gasteiger partial charge in [0.15, 0.2) is 6.23 Å². The van der Waals surface area contributed by atoms with E-state index in [1.807, 2.05) is 0 Å². The standard InChI is InChI=1S/C9H15N3O11P2/c10-5-1-2-12(7(14)11-5)6-9(16,25(20,21)22)8(15,24(17,18)19)4(3-13)23-6/h1-2,4,6,13,15-16H,3H2,(H2,10,11,14)(H2,17,18,19)(H2,20,21,22)/t4-,6-,8+,9+/m1/s1. The molecule has 2 rings (SSSR count). The van der Waals surface area contributed by atoms with E-state index in [1.54, 1.807) is 0 Å². The summed E-state index contributed by atoms with van der Waals surface area (Å²) in [7, 11) is -11.9. The van der Waals surface area contributed by atoms with Crippen LogP contribution in [0.3, 0.4) is 0 Å². The predicted molar refractivity (Wildman–Crippen MR) is 77.9 cm³/mol. The molecule has 9 N–H and O–H groups in total. The van der Waals surface area contributed by atoms with Gasteiger partial charge in [0, 0.05) is 6.20 Å². The average Bonchev–Trinajstić information content (AvgIpc) is 2.69. The van der Waals surface area contributed by atoms with Crippen LogP contribution in [-0.2, 0) is 13.9 Å². The van der Waals surface area contributed by atoms with Gasteiger partial charge in [0.2, 0.25) is 5.34 Å². The molecule has 14 nitrogen and oxygen atoms in total. The van der Waals surface area contributed by atoms with Gasteiger partial charge in [-0.05, 0) is 6.07 Å². The van der Waals surface area contributed by atoms with Gasteiger partial charge in [-0.2, -0.15) is 4.98 Å². The Morgan fingerprint density at radius 3 is 2.12 bits per heavy atom. The van der Waals surface area contributed by atoms with Gasteiger partial charge in [0.25, 0.3) is 5.34 Å². The number of nitrogens with two attached hydrogens (primary N) is 1. The predicted octanol–water partition coefficient (Wildman–Crippen LogP) is -3.55. The fraction of sp³-hybridized carbons (Fsp3) is 0.556. The zero-order valence-electron chi connectivity index (χ0n) is 12.1. The Kier molecular flexibility index (Phi) is 4.77.